The average molecular weight is 439 g/mol. The third-order valence-electron chi connectivity index (χ3n) is 5.46. The van der Waals surface area contributed by atoms with E-state index in [1.807, 2.05) is 79.0 Å². The molecule has 0 saturated heterocycles. The Morgan fingerprint density at radius 3 is 2.27 bits per heavy atom. The molecule has 5 rings (SSSR count). The van der Waals surface area contributed by atoms with Crippen molar-refractivity contribution in [3.63, 3.8) is 0 Å². The first-order chi connectivity index (χ1) is 16.1. The maximum absolute atomic E-state index is 14.0. The molecule has 6 heteroatoms. The minimum absolute atomic E-state index is 0.0571. The zero-order chi connectivity index (χ0) is 22.8. The maximum Gasteiger partial charge on any atom is 0.257 e. The molecule has 0 aliphatic carbocycles. The molecule has 0 radical (unpaired) electrons. The van der Waals surface area contributed by atoms with Crippen LogP contribution in [0.25, 0.3) is 27.7 Å². The number of para-hydroxylation sites is 1. The summed E-state index contributed by atoms with van der Waals surface area (Å²) in [5.41, 5.74) is 2.54. The van der Waals surface area contributed by atoms with Gasteiger partial charge in [-0.25, -0.2) is 13.5 Å². The number of rotatable bonds is 5. The largest absolute Gasteiger partial charge is 0.348 e. The Kier molecular flexibility index (Phi) is 5.40. The van der Waals surface area contributed by atoms with E-state index in [4.69, 9.17) is 5.10 Å². The summed E-state index contributed by atoms with van der Waals surface area (Å²) < 4.78 is 29.8. The van der Waals surface area contributed by atoms with E-state index in [1.165, 1.54) is 6.07 Å². The monoisotopic (exact) mass is 439 g/mol. The van der Waals surface area contributed by atoms with E-state index in [1.54, 1.807) is 4.68 Å². The van der Waals surface area contributed by atoms with Crippen LogP contribution in [0.3, 0.4) is 0 Å². The number of nitrogens with zero attached hydrogens (tertiary/aromatic N) is 2. The van der Waals surface area contributed by atoms with Gasteiger partial charge >= 0.3 is 0 Å². The highest BCUT2D eigenvalue weighted by Gasteiger charge is 2.19. The summed E-state index contributed by atoms with van der Waals surface area (Å²) >= 11 is 0. The van der Waals surface area contributed by atoms with Gasteiger partial charge in [-0.1, -0.05) is 60.7 Å². The molecule has 0 spiro atoms. The van der Waals surface area contributed by atoms with Crippen LogP contribution < -0.4 is 5.32 Å². The molecule has 0 saturated carbocycles. The highest BCUT2D eigenvalue weighted by molar-refractivity contribution is 5.94. The molecule has 162 valence electrons. The number of carbonyl (C=O) groups excluding carboxylic acids is 1. The second kappa shape index (κ2) is 8.67. The number of aromatic nitrogens is 2. The highest BCUT2D eigenvalue weighted by Crippen LogP contribution is 2.27. The van der Waals surface area contributed by atoms with Gasteiger partial charge in [-0.2, -0.15) is 5.10 Å². The van der Waals surface area contributed by atoms with E-state index in [-0.39, 0.29) is 6.54 Å². The van der Waals surface area contributed by atoms with Gasteiger partial charge in [0.15, 0.2) is 0 Å². The summed E-state index contributed by atoms with van der Waals surface area (Å²) in [5.74, 6) is -2.62. The zero-order valence-electron chi connectivity index (χ0n) is 17.5. The predicted molar refractivity (Wildman–Crippen MR) is 124 cm³/mol. The molecule has 1 aromatic heterocycles. The van der Waals surface area contributed by atoms with Crippen LogP contribution in [0.2, 0.25) is 0 Å². The molecule has 1 heterocycles. The van der Waals surface area contributed by atoms with Crippen molar-refractivity contribution < 1.29 is 13.6 Å². The lowest BCUT2D eigenvalue weighted by molar-refractivity contribution is 0.0942. The van der Waals surface area contributed by atoms with Gasteiger partial charge in [-0.3, -0.25) is 4.79 Å². The Morgan fingerprint density at radius 2 is 1.52 bits per heavy atom. The normalized spacial score (nSPS) is 11.0. The van der Waals surface area contributed by atoms with Crippen LogP contribution in [0.5, 0.6) is 0 Å². The second-order valence-corrected chi connectivity index (χ2v) is 7.62. The van der Waals surface area contributed by atoms with Crippen molar-refractivity contribution in [2.45, 2.75) is 6.54 Å². The first-order valence-corrected chi connectivity index (χ1v) is 10.5. The Balaban J connectivity index is 1.52. The highest BCUT2D eigenvalue weighted by atomic mass is 19.1. The summed E-state index contributed by atoms with van der Waals surface area (Å²) in [4.78, 5) is 12.5. The van der Waals surface area contributed by atoms with Gasteiger partial charge in [0.1, 0.15) is 17.2 Å². The summed E-state index contributed by atoms with van der Waals surface area (Å²) in [7, 11) is 0. The molecular formula is C27H19F2N3O. The van der Waals surface area contributed by atoms with Gasteiger partial charge in [-0.15, -0.1) is 0 Å². The second-order valence-electron chi connectivity index (χ2n) is 7.62. The third-order valence-corrected chi connectivity index (χ3v) is 5.46. The van der Waals surface area contributed by atoms with E-state index in [0.29, 0.717) is 5.69 Å². The van der Waals surface area contributed by atoms with E-state index < -0.39 is 23.1 Å². The van der Waals surface area contributed by atoms with E-state index >= 15 is 0 Å². The Bertz CT molecular complexity index is 1440. The fraction of sp³-hybridized carbons (Fsp3) is 0.0370. The molecule has 0 fully saturated rings. The Hall–Kier alpha value is -4.32. The number of nitrogens with one attached hydrogen (secondary N) is 1. The number of benzene rings is 4. The Morgan fingerprint density at radius 1 is 0.818 bits per heavy atom. The number of hydrogen-bond donors (Lipinski definition) is 1. The molecular weight excluding hydrogens is 420 g/mol. The molecule has 0 atom stereocenters. The lowest BCUT2D eigenvalue weighted by Gasteiger charge is -2.08. The fourth-order valence-corrected chi connectivity index (χ4v) is 3.81. The van der Waals surface area contributed by atoms with Gasteiger partial charge in [0.2, 0.25) is 0 Å². The standard InChI is InChI=1S/C27H19F2N3O/c28-23-11-6-12-24(29)25(23)27(33)30-16-21-17-32(22-9-2-1-3-10-22)31-26(21)20-14-13-18-7-4-5-8-19(18)15-20/h1-15,17H,16H2,(H,30,33). The van der Waals surface area contributed by atoms with Gasteiger partial charge < -0.3 is 5.32 Å². The molecule has 1 amide bonds. The number of fused-ring (bicyclic) bond motifs is 1. The quantitative estimate of drug-likeness (QED) is 0.371. The first kappa shape index (κ1) is 20.6. The molecule has 0 aliphatic heterocycles. The van der Waals surface area contributed by atoms with Crippen molar-refractivity contribution in [3.8, 4) is 16.9 Å². The van der Waals surface area contributed by atoms with Crippen LogP contribution in [0, 0.1) is 11.6 Å². The lowest BCUT2D eigenvalue weighted by atomic mass is 10.0. The van der Waals surface area contributed by atoms with E-state index in [9.17, 15) is 13.6 Å². The van der Waals surface area contributed by atoms with E-state index in [2.05, 4.69) is 5.32 Å². The molecule has 4 aromatic carbocycles. The van der Waals surface area contributed by atoms with E-state index in [0.717, 1.165) is 39.7 Å². The predicted octanol–water partition coefficient (Wildman–Crippen LogP) is 5.90. The summed E-state index contributed by atoms with van der Waals surface area (Å²) in [6.45, 7) is 0.0571. The molecule has 0 bridgehead atoms. The van der Waals surface area contributed by atoms with Crippen molar-refractivity contribution in [1.29, 1.82) is 0 Å². The van der Waals surface area contributed by atoms with Gasteiger partial charge in [0.25, 0.3) is 5.91 Å². The average Bonchev–Trinajstić information content (AvgIpc) is 3.27. The molecule has 1 N–H and O–H groups in total. The van der Waals surface area contributed by atoms with Gasteiger partial charge in [-0.05, 0) is 41.1 Å². The van der Waals surface area contributed by atoms with Crippen LogP contribution in [0.1, 0.15) is 15.9 Å². The minimum atomic E-state index is -0.901. The van der Waals surface area contributed by atoms with Crippen molar-refractivity contribution in [2.75, 3.05) is 0 Å². The Labute approximate surface area is 189 Å². The number of halogens is 2. The van der Waals surface area contributed by atoms with Crippen molar-refractivity contribution in [1.82, 2.24) is 15.1 Å². The van der Waals surface area contributed by atoms with Crippen molar-refractivity contribution in [2.24, 2.45) is 0 Å². The summed E-state index contributed by atoms with van der Waals surface area (Å²) in [6.07, 6.45) is 1.82. The van der Waals surface area contributed by atoms with Crippen LogP contribution in [-0.2, 0) is 6.54 Å². The van der Waals surface area contributed by atoms with Crippen LogP contribution in [0.4, 0.5) is 8.78 Å². The van der Waals surface area contributed by atoms with Crippen LogP contribution in [0.15, 0.2) is 97.2 Å². The molecule has 5 aromatic rings. The SMILES string of the molecule is O=C(NCc1cn(-c2ccccc2)nc1-c1ccc2ccccc2c1)c1c(F)cccc1F. The number of amides is 1. The smallest absolute Gasteiger partial charge is 0.257 e. The molecule has 0 aliphatic rings. The topological polar surface area (TPSA) is 46.9 Å². The summed E-state index contributed by atoms with van der Waals surface area (Å²) in [6, 6.07) is 27.0. The molecule has 4 nitrogen and oxygen atoms in total. The first-order valence-electron chi connectivity index (χ1n) is 10.5. The zero-order valence-corrected chi connectivity index (χ0v) is 17.5. The third kappa shape index (κ3) is 4.11. The molecule has 0 unspecified atom stereocenters. The van der Waals surface area contributed by atoms with Crippen LogP contribution in [-0.4, -0.2) is 15.7 Å². The van der Waals surface area contributed by atoms with Crippen molar-refractivity contribution >= 4 is 16.7 Å². The lowest BCUT2D eigenvalue weighted by Crippen LogP contribution is -2.25. The fourth-order valence-electron chi connectivity index (χ4n) is 3.81. The number of carbonyl (C=O) groups is 1. The van der Waals surface area contributed by atoms with Gasteiger partial charge in [0.05, 0.1) is 11.4 Å². The maximum atomic E-state index is 14.0. The van der Waals surface area contributed by atoms with Gasteiger partial charge in [0, 0.05) is 23.9 Å². The molecule has 33 heavy (non-hydrogen) atoms. The van der Waals surface area contributed by atoms with Crippen molar-refractivity contribution in [3.05, 3.63) is 120 Å². The summed E-state index contributed by atoms with van der Waals surface area (Å²) in [5, 5.41) is 9.57. The van der Waals surface area contributed by atoms with Crippen LogP contribution >= 0.6 is 0 Å². The minimum Gasteiger partial charge on any atom is -0.348 e. The number of hydrogen-bond acceptors (Lipinski definition) is 2.